The lowest BCUT2D eigenvalue weighted by Gasteiger charge is -2.41. The molecule has 1 aliphatic rings. The Labute approximate surface area is 215 Å². The van der Waals surface area contributed by atoms with Gasteiger partial charge >= 0.3 is 5.69 Å². The SMILES string of the molecule is CCCC(C)(C)C(=N[C@H]1[C@@H](OCc2ccccc2)O[C@H](CO)[C@@H](O)[C@@H]1O)c1c(O)n(C)c(=O)n(C)c1=O. The van der Waals surface area contributed by atoms with Crippen molar-refractivity contribution in [2.24, 2.45) is 24.5 Å². The smallest absolute Gasteiger partial charge is 0.333 e. The molecule has 1 aromatic carbocycles. The van der Waals surface area contributed by atoms with Crippen molar-refractivity contribution in [1.29, 1.82) is 0 Å². The number of aliphatic hydroxyl groups is 3. The lowest BCUT2D eigenvalue weighted by atomic mass is 9.79. The third-order valence-electron chi connectivity index (χ3n) is 6.77. The first-order valence-electron chi connectivity index (χ1n) is 12.3. The summed E-state index contributed by atoms with van der Waals surface area (Å²) in [4.78, 5) is 30.3. The molecule has 5 atom stereocenters. The molecule has 11 nitrogen and oxygen atoms in total. The van der Waals surface area contributed by atoms with Gasteiger partial charge in [-0.05, 0) is 12.0 Å². The van der Waals surface area contributed by atoms with E-state index in [-0.39, 0.29) is 17.9 Å². The fourth-order valence-corrected chi connectivity index (χ4v) is 4.61. The molecular weight excluding hydrogens is 482 g/mol. The molecule has 0 amide bonds. The van der Waals surface area contributed by atoms with Crippen LogP contribution in [0.3, 0.4) is 0 Å². The first kappa shape index (κ1) is 28.7. The maximum atomic E-state index is 13.2. The molecular formula is C26H37N3O8. The van der Waals surface area contributed by atoms with Gasteiger partial charge in [-0.1, -0.05) is 57.5 Å². The Bertz CT molecular complexity index is 1220. The number of aliphatic imine (C=N–C) groups is 1. The predicted molar refractivity (Wildman–Crippen MR) is 137 cm³/mol. The standard InChI is InChI=1S/C26H37N3O8/c1-6-12-26(2,3)21(17-22(33)28(4)25(35)29(5)23(17)34)27-18-20(32)19(31)16(13-30)37-24(18)36-14-15-10-8-7-9-11-15/h7-11,16,18-20,24,30-33H,6,12-14H2,1-5H3/t16-,18-,19-,20-,24+/m1/s1. The van der Waals surface area contributed by atoms with Gasteiger partial charge in [0, 0.05) is 19.5 Å². The first-order chi connectivity index (χ1) is 17.4. The van der Waals surface area contributed by atoms with Gasteiger partial charge in [0.15, 0.2) is 6.29 Å². The van der Waals surface area contributed by atoms with Gasteiger partial charge in [0.05, 0.1) is 18.9 Å². The lowest BCUT2D eigenvalue weighted by molar-refractivity contribution is -0.268. The predicted octanol–water partition coefficient (Wildman–Crippen LogP) is 0.429. The number of aromatic hydroxyl groups is 1. The number of ether oxygens (including phenoxy) is 2. The van der Waals surface area contributed by atoms with E-state index in [0.717, 1.165) is 14.7 Å². The van der Waals surface area contributed by atoms with Crippen molar-refractivity contribution in [3.8, 4) is 5.88 Å². The van der Waals surface area contributed by atoms with Gasteiger partial charge in [-0.25, -0.2) is 4.79 Å². The third kappa shape index (κ3) is 5.86. The van der Waals surface area contributed by atoms with Crippen LogP contribution in [0.25, 0.3) is 0 Å². The quantitative estimate of drug-likeness (QED) is 0.348. The zero-order valence-electron chi connectivity index (χ0n) is 21.9. The topological polar surface area (TPSA) is 156 Å². The van der Waals surface area contributed by atoms with Gasteiger partial charge in [-0.3, -0.25) is 18.9 Å². The molecule has 204 valence electrons. The molecule has 1 fully saturated rings. The van der Waals surface area contributed by atoms with Crippen LogP contribution in [0.1, 0.15) is 44.7 Å². The van der Waals surface area contributed by atoms with Crippen molar-refractivity contribution in [3.05, 3.63) is 62.3 Å². The molecule has 1 aliphatic heterocycles. The van der Waals surface area contributed by atoms with Crippen LogP contribution in [0, 0.1) is 5.41 Å². The average Bonchev–Trinajstić information content (AvgIpc) is 2.88. The number of hydrogen-bond acceptors (Lipinski definition) is 9. The van der Waals surface area contributed by atoms with E-state index in [1.165, 1.54) is 14.1 Å². The molecule has 0 saturated carbocycles. The second kappa shape index (κ2) is 11.7. The summed E-state index contributed by atoms with van der Waals surface area (Å²) in [5.41, 5.74) is -1.46. The fourth-order valence-electron chi connectivity index (χ4n) is 4.61. The van der Waals surface area contributed by atoms with Crippen LogP contribution in [0.4, 0.5) is 0 Å². The van der Waals surface area contributed by atoms with Crippen molar-refractivity contribution < 1.29 is 29.9 Å². The van der Waals surface area contributed by atoms with E-state index in [9.17, 15) is 30.0 Å². The van der Waals surface area contributed by atoms with E-state index in [0.29, 0.717) is 12.8 Å². The molecule has 0 spiro atoms. The van der Waals surface area contributed by atoms with Gasteiger partial charge < -0.3 is 29.9 Å². The molecule has 11 heteroatoms. The minimum absolute atomic E-state index is 0.0963. The molecule has 37 heavy (non-hydrogen) atoms. The Hall–Kier alpha value is -2.83. The summed E-state index contributed by atoms with van der Waals surface area (Å²) in [6.07, 6.45) is -4.04. The number of rotatable bonds is 9. The molecule has 3 rings (SSSR count). The number of nitrogens with zero attached hydrogens (tertiary/aromatic N) is 3. The maximum absolute atomic E-state index is 13.2. The monoisotopic (exact) mass is 519 g/mol. The van der Waals surface area contributed by atoms with E-state index in [1.54, 1.807) is 0 Å². The Morgan fingerprint density at radius 3 is 2.35 bits per heavy atom. The molecule has 4 N–H and O–H groups in total. The van der Waals surface area contributed by atoms with Crippen molar-refractivity contribution in [2.45, 2.75) is 70.9 Å². The van der Waals surface area contributed by atoms with Crippen molar-refractivity contribution in [1.82, 2.24) is 9.13 Å². The second-order valence-electron chi connectivity index (χ2n) is 10.0. The Morgan fingerprint density at radius 1 is 1.11 bits per heavy atom. The highest BCUT2D eigenvalue weighted by atomic mass is 16.7. The van der Waals surface area contributed by atoms with E-state index in [2.05, 4.69) is 0 Å². The van der Waals surface area contributed by atoms with Crippen molar-refractivity contribution >= 4 is 5.71 Å². The molecule has 0 aliphatic carbocycles. The minimum Gasteiger partial charge on any atom is -0.494 e. The number of benzene rings is 1. The molecule has 0 unspecified atom stereocenters. The van der Waals surface area contributed by atoms with Gasteiger partial charge in [0.25, 0.3) is 5.56 Å². The molecule has 0 bridgehead atoms. The molecule has 0 radical (unpaired) electrons. The first-order valence-corrected chi connectivity index (χ1v) is 12.3. The Morgan fingerprint density at radius 2 is 1.76 bits per heavy atom. The van der Waals surface area contributed by atoms with Crippen LogP contribution in [0.15, 0.2) is 44.9 Å². The van der Waals surface area contributed by atoms with Crippen LogP contribution < -0.4 is 11.2 Å². The number of aliphatic hydroxyl groups excluding tert-OH is 3. The van der Waals surface area contributed by atoms with Crippen molar-refractivity contribution in [2.75, 3.05) is 6.61 Å². The maximum Gasteiger partial charge on any atom is 0.333 e. The Balaban J connectivity index is 2.18. The third-order valence-corrected chi connectivity index (χ3v) is 6.77. The number of hydrogen-bond donors (Lipinski definition) is 4. The summed E-state index contributed by atoms with van der Waals surface area (Å²) in [5, 5.41) is 42.3. The largest absolute Gasteiger partial charge is 0.494 e. The summed E-state index contributed by atoms with van der Waals surface area (Å²) in [5.74, 6) is -0.558. The van der Waals surface area contributed by atoms with Crippen LogP contribution in [-0.4, -0.2) is 72.5 Å². The van der Waals surface area contributed by atoms with E-state index in [4.69, 9.17) is 14.5 Å². The number of aromatic nitrogens is 2. The average molecular weight is 520 g/mol. The summed E-state index contributed by atoms with van der Waals surface area (Å²) in [7, 11) is 2.64. The second-order valence-corrected chi connectivity index (χ2v) is 10.0. The summed E-state index contributed by atoms with van der Waals surface area (Å²) in [6.45, 7) is 5.16. The minimum atomic E-state index is -1.52. The summed E-state index contributed by atoms with van der Waals surface area (Å²) >= 11 is 0. The highest BCUT2D eigenvalue weighted by Gasteiger charge is 2.46. The molecule has 2 aromatic rings. The molecule has 1 saturated heterocycles. The van der Waals surface area contributed by atoms with Gasteiger partial charge in [0.1, 0.15) is 29.9 Å². The molecule has 2 heterocycles. The fraction of sp³-hybridized carbons (Fsp3) is 0.577. The van der Waals surface area contributed by atoms with Crippen LogP contribution in [0.2, 0.25) is 0 Å². The van der Waals surface area contributed by atoms with Gasteiger partial charge in [-0.15, -0.1) is 0 Å². The molecule has 1 aromatic heterocycles. The lowest BCUT2D eigenvalue weighted by Crippen LogP contribution is -2.59. The van der Waals surface area contributed by atoms with Crippen molar-refractivity contribution in [3.63, 3.8) is 0 Å². The van der Waals surface area contributed by atoms with Gasteiger partial charge in [0.2, 0.25) is 5.88 Å². The summed E-state index contributed by atoms with van der Waals surface area (Å²) < 4.78 is 13.6. The van der Waals surface area contributed by atoms with Crippen LogP contribution in [0.5, 0.6) is 5.88 Å². The van der Waals surface area contributed by atoms with E-state index >= 15 is 0 Å². The van der Waals surface area contributed by atoms with E-state index in [1.807, 2.05) is 51.1 Å². The van der Waals surface area contributed by atoms with Crippen LogP contribution >= 0.6 is 0 Å². The van der Waals surface area contributed by atoms with Gasteiger partial charge in [-0.2, -0.15) is 0 Å². The Kier molecular flexibility index (Phi) is 9.09. The highest BCUT2D eigenvalue weighted by Crippen LogP contribution is 2.33. The normalized spacial score (nSPS) is 24.9. The summed E-state index contributed by atoms with van der Waals surface area (Å²) in [6, 6.07) is 8.02. The van der Waals surface area contributed by atoms with Crippen LogP contribution in [-0.2, 0) is 30.2 Å². The highest BCUT2D eigenvalue weighted by molar-refractivity contribution is 6.05. The zero-order chi connectivity index (χ0) is 27.5. The van der Waals surface area contributed by atoms with E-state index < -0.39 is 59.8 Å². The zero-order valence-corrected chi connectivity index (χ0v) is 21.9.